The first-order chi connectivity index (χ1) is 14.8. The Bertz CT molecular complexity index is 1150. The first-order valence-electron chi connectivity index (χ1n) is 9.80. The third-order valence-electron chi connectivity index (χ3n) is 6.04. The summed E-state index contributed by atoms with van der Waals surface area (Å²) in [5.74, 6) is -3.65. The number of H-pyrrole nitrogens is 1. The average Bonchev–Trinajstić information content (AvgIpc) is 3.04. The van der Waals surface area contributed by atoms with E-state index in [1.165, 1.54) is 11.0 Å². The third-order valence-corrected chi connectivity index (χ3v) is 6.04. The van der Waals surface area contributed by atoms with Gasteiger partial charge in [0.25, 0.3) is 5.92 Å². The number of fused-ring (bicyclic) bond motifs is 1. The topological polar surface area (TPSA) is 91.0 Å². The zero-order valence-corrected chi connectivity index (χ0v) is 17.4. The summed E-state index contributed by atoms with van der Waals surface area (Å²) in [6.07, 6.45) is -4.74. The molecule has 4 rings (SSSR count). The van der Waals surface area contributed by atoms with E-state index in [1.807, 2.05) is 6.07 Å². The number of nitrogens with two attached hydrogens (primary N) is 1. The summed E-state index contributed by atoms with van der Waals surface area (Å²) in [5, 5.41) is 16.8. The minimum Gasteiger partial charge on any atom is -0.420 e. The first-order valence-corrected chi connectivity index (χ1v) is 9.80. The highest BCUT2D eigenvalue weighted by molar-refractivity contribution is 5.65. The van der Waals surface area contributed by atoms with Crippen molar-refractivity contribution in [3.63, 3.8) is 0 Å². The Morgan fingerprint density at radius 2 is 1.91 bits per heavy atom. The van der Waals surface area contributed by atoms with Crippen LogP contribution in [0, 0.1) is 24.2 Å². The number of anilines is 1. The fourth-order valence-electron chi connectivity index (χ4n) is 4.64. The van der Waals surface area contributed by atoms with Crippen molar-refractivity contribution in [2.45, 2.75) is 38.3 Å². The number of nitrogens with zero attached hydrogens (tertiary/aromatic N) is 3. The number of rotatable bonds is 3. The van der Waals surface area contributed by atoms with E-state index in [2.05, 4.69) is 10.2 Å². The molecular formula is C21H20F5N5O. The second-order valence-electron chi connectivity index (χ2n) is 8.42. The van der Waals surface area contributed by atoms with E-state index < -0.39 is 42.1 Å². The number of aryl methyl sites for hydroxylation is 1. The molecule has 170 valence electrons. The van der Waals surface area contributed by atoms with Crippen LogP contribution in [-0.4, -0.2) is 29.2 Å². The Morgan fingerprint density at radius 3 is 2.44 bits per heavy atom. The van der Waals surface area contributed by atoms with E-state index >= 15 is 0 Å². The predicted molar refractivity (Wildman–Crippen MR) is 105 cm³/mol. The van der Waals surface area contributed by atoms with Gasteiger partial charge in [0, 0.05) is 11.4 Å². The SMILES string of the molecule is Cc1[nH]nc2c1C(c1cc(N3CC(F)(F)C3)cc(C(F)(F)F)c1)(C(C)C)C(C#N)=C(N)O2. The molecule has 1 atom stereocenters. The standard InChI is InChI=1S/C21H20F5N5O/c1-10(2)20(15(7-27)17(28)32-18-16(20)11(3)29-30-18)12-4-13(21(24,25)26)6-14(5-12)31-8-19(22,23)9-31/h4-6,10H,8-9,28H2,1-3H3,(H,29,30). The second-order valence-corrected chi connectivity index (χ2v) is 8.42. The molecule has 0 amide bonds. The Balaban J connectivity index is 2.05. The number of nitriles is 1. The number of aromatic nitrogens is 2. The van der Waals surface area contributed by atoms with Crippen molar-refractivity contribution >= 4 is 5.69 Å². The number of nitrogens with one attached hydrogen (secondary N) is 1. The summed E-state index contributed by atoms with van der Waals surface area (Å²) < 4.78 is 74.0. The average molecular weight is 453 g/mol. The highest BCUT2D eigenvalue weighted by Crippen LogP contribution is 2.54. The highest BCUT2D eigenvalue weighted by atomic mass is 19.4. The van der Waals surface area contributed by atoms with Gasteiger partial charge in [0.05, 0.1) is 29.6 Å². The fraction of sp³-hybridized carbons (Fsp3) is 0.429. The smallest absolute Gasteiger partial charge is 0.416 e. The van der Waals surface area contributed by atoms with Crippen LogP contribution in [0.4, 0.5) is 27.6 Å². The quantitative estimate of drug-likeness (QED) is 0.680. The largest absolute Gasteiger partial charge is 0.420 e. The number of hydrogen-bond acceptors (Lipinski definition) is 5. The summed E-state index contributed by atoms with van der Waals surface area (Å²) in [6.45, 7) is 3.76. The van der Waals surface area contributed by atoms with Gasteiger partial charge in [0.1, 0.15) is 11.6 Å². The van der Waals surface area contributed by atoms with E-state index in [0.29, 0.717) is 11.3 Å². The summed E-state index contributed by atoms with van der Waals surface area (Å²) >= 11 is 0. The van der Waals surface area contributed by atoms with E-state index in [0.717, 1.165) is 12.1 Å². The Morgan fingerprint density at radius 1 is 1.25 bits per heavy atom. The summed E-state index contributed by atoms with van der Waals surface area (Å²) in [4.78, 5) is 1.17. The van der Waals surface area contributed by atoms with Gasteiger partial charge in [-0.1, -0.05) is 13.8 Å². The van der Waals surface area contributed by atoms with Gasteiger partial charge in [0.2, 0.25) is 11.8 Å². The summed E-state index contributed by atoms with van der Waals surface area (Å²) in [5.41, 5.74) is 4.46. The number of ether oxygens (including phenoxy) is 1. The van der Waals surface area contributed by atoms with E-state index in [9.17, 15) is 27.2 Å². The van der Waals surface area contributed by atoms with Crippen LogP contribution >= 0.6 is 0 Å². The van der Waals surface area contributed by atoms with Crippen LogP contribution in [0.25, 0.3) is 0 Å². The molecule has 1 unspecified atom stereocenters. The molecule has 0 radical (unpaired) electrons. The van der Waals surface area contributed by atoms with Crippen LogP contribution in [0.1, 0.15) is 36.2 Å². The van der Waals surface area contributed by atoms with Crippen molar-refractivity contribution in [1.82, 2.24) is 10.2 Å². The van der Waals surface area contributed by atoms with Crippen molar-refractivity contribution in [3.05, 3.63) is 52.0 Å². The molecule has 2 aliphatic heterocycles. The van der Waals surface area contributed by atoms with Gasteiger partial charge in [-0.2, -0.15) is 18.4 Å². The number of alkyl halides is 5. The predicted octanol–water partition coefficient (Wildman–Crippen LogP) is 4.22. The minimum absolute atomic E-state index is 0.00849. The van der Waals surface area contributed by atoms with Crippen molar-refractivity contribution < 1.29 is 26.7 Å². The maximum atomic E-state index is 13.8. The molecule has 1 saturated heterocycles. The summed E-state index contributed by atoms with van der Waals surface area (Å²) in [7, 11) is 0. The Labute approximate surface area is 180 Å². The number of halogens is 5. The molecule has 11 heteroatoms. The number of benzene rings is 1. The number of allylic oxidation sites excluding steroid dienone is 1. The molecule has 1 aromatic carbocycles. The van der Waals surface area contributed by atoms with Gasteiger partial charge >= 0.3 is 6.18 Å². The minimum atomic E-state index is -4.74. The molecule has 3 heterocycles. The monoisotopic (exact) mass is 453 g/mol. The third kappa shape index (κ3) is 3.08. The van der Waals surface area contributed by atoms with E-state index in [4.69, 9.17) is 10.5 Å². The molecule has 2 aliphatic rings. The van der Waals surface area contributed by atoms with Gasteiger partial charge in [-0.3, -0.25) is 5.10 Å². The second kappa shape index (κ2) is 6.85. The zero-order chi connectivity index (χ0) is 23.6. The molecule has 1 fully saturated rings. The first kappa shape index (κ1) is 21.9. The van der Waals surface area contributed by atoms with Crippen LogP contribution < -0.4 is 15.4 Å². The molecule has 0 spiro atoms. The lowest BCUT2D eigenvalue weighted by Gasteiger charge is -2.43. The maximum absolute atomic E-state index is 13.8. The molecular weight excluding hydrogens is 433 g/mol. The van der Waals surface area contributed by atoms with Gasteiger partial charge < -0.3 is 15.4 Å². The molecule has 32 heavy (non-hydrogen) atoms. The molecule has 0 aliphatic carbocycles. The van der Waals surface area contributed by atoms with E-state index in [-0.39, 0.29) is 28.6 Å². The number of aromatic amines is 1. The lowest BCUT2D eigenvalue weighted by Crippen LogP contribution is -2.56. The Hall–Kier alpha value is -3.29. The molecule has 0 saturated carbocycles. The van der Waals surface area contributed by atoms with Crippen LogP contribution in [0.15, 0.2) is 29.7 Å². The van der Waals surface area contributed by atoms with Crippen LogP contribution in [0.5, 0.6) is 5.88 Å². The van der Waals surface area contributed by atoms with Gasteiger partial charge in [-0.15, -0.1) is 5.10 Å². The van der Waals surface area contributed by atoms with Gasteiger partial charge in [-0.25, -0.2) is 8.78 Å². The molecule has 6 nitrogen and oxygen atoms in total. The summed E-state index contributed by atoms with van der Waals surface area (Å²) in [6, 6.07) is 5.20. The van der Waals surface area contributed by atoms with Gasteiger partial charge in [0.15, 0.2) is 0 Å². The van der Waals surface area contributed by atoms with Crippen molar-refractivity contribution in [2.24, 2.45) is 11.7 Å². The molecule has 3 N–H and O–H groups in total. The highest BCUT2D eigenvalue weighted by Gasteiger charge is 2.52. The van der Waals surface area contributed by atoms with Crippen molar-refractivity contribution in [2.75, 3.05) is 18.0 Å². The molecule has 0 bridgehead atoms. The van der Waals surface area contributed by atoms with Crippen LogP contribution in [0.3, 0.4) is 0 Å². The van der Waals surface area contributed by atoms with E-state index in [1.54, 1.807) is 20.8 Å². The fourth-order valence-corrected chi connectivity index (χ4v) is 4.64. The van der Waals surface area contributed by atoms with Gasteiger partial charge in [-0.05, 0) is 36.6 Å². The van der Waals surface area contributed by atoms with Crippen LogP contribution in [-0.2, 0) is 11.6 Å². The Kier molecular flexibility index (Phi) is 4.70. The lowest BCUT2D eigenvalue weighted by molar-refractivity contribution is -0.137. The normalized spacial score (nSPS) is 22.3. The number of hydrogen-bond donors (Lipinski definition) is 2. The maximum Gasteiger partial charge on any atom is 0.416 e. The lowest BCUT2D eigenvalue weighted by atomic mass is 9.61. The van der Waals surface area contributed by atoms with Crippen molar-refractivity contribution in [3.8, 4) is 11.9 Å². The zero-order valence-electron chi connectivity index (χ0n) is 17.4. The molecule has 1 aromatic heterocycles. The van der Waals surface area contributed by atoms with Crippen molar-refractivity contribution in [1.29, 1.82) is 5.26 Å². The van der Waals surface area contributed by atoms with Crippen LogP contribution in [0.2, 0.25) is 0 Å². The molecule has 2 aromatic rings.